The number of nitrogens with zero attached hydrogens (tertiary/aromatic N) is 2. The number of rotatable bonds is 5. The van der Waals surface area contributed by atoms with Gasteiger partial charge in [-0.25, -0.2) is 4.98 Å². The molecule has 0 aliphatic carbocycles. The molecule has 1 amide bonds. The lowest BCUT2D eigenvalue weighted by Crippen LogP contribution is -2.14. The Balaban J connectivity index is 1.31. The number of anilines is 1. The van der Waals surface area contributed by atoms with Crippen molar-refractivity contribution in [2.45, 2.75) is 27.2 Å². The predicted octanol–water partition coefficient (Wildman–Crippen LogP) is 6.72. The summed E-state index contributed by atoms with van der Waals surface area (Å²) in [5, 5.41) is 8.99. The molecule has 0 bridgehead atoms. The molecule has 2 aromatic heterocycles. The van der Waals surface area contributed by atoms with Gasteiger partial charge in [-0.1, -0.05) is 53.7 Å². The first kappa shape index (κ1) is 21.1. The monoisotopic (exact) mass is 453 g/mol. The van der Waals surface area contributed by atoms with Crippen molar-refractivity contribution in [3.63, 3.8) is 0 Å². The van der Waals surface area contributed by atoms with Crippen molar-refractivity contribution in [1.29, 1.82) is 0 Å². The van der Waals surface area contributed by atoms with E-state index in [1.807, 2.05) is 68.4 Å². The van der Waals surface area contributed by atoms with E-state index in [1.165, 1.54) is 0 Å². The minimum Gasteiger partial charge on any atom is -0.356 e. The number of hydrogen-bond donors (Lipinski definition) is 1. The van der Waals surface area contributed by atoms with Crippen LogP contribution in [0.15, 0.2) is 71.3 Å². The maximum Gasteiger partial charge on any atom is 0.230 e. The van der Waals surface area contributed by atoms with E-state index in [2.05, 4.69) is 29.5 Å². The number of benzene rings is 3. The molecule has 33 heavy (non-hydrogen) atoms. The summed E-state index contributed by atoms with van der Waals surface area (Å²) < 4.78 is 5.46. The first-order valence-electron chi connectivity index (χ1n) is 10.8. The molecule has 3 aromatic carbocycles. The van der Waals surface area contributed by atoms with Crippen LogP contribution >= 0.6 is 11.3 Å². The maximum atomic E-state index is 12.7. The van der Waals surface area contributed by atoms with Gasteiger partial charge in [0.2, 0.25) is 5.91 Å². The molecule has 0 unspecified atom stereocenters. The molecule has 0 atom stereocenters. The number of carbonyl (C=O) groups is 1. The molecule has 0 saturated heterocycles. The molecule has 5 nitrogen and oxygen atoms in total. The zero-order chi connectivity index (χ0) is 22.9. The van der Waals surface area contributed by atoms with Crippen molar-refractivity contribution < 1.29 is 9.32 Å². The minimum absolute atomic E-state index is 0.131. The molecule has 0 fully saturated rings. The highest BCUT2D eigenvalue weighted by atomic mass is 32.1. The third-order valence-corrected chi connectivity index (χ3v) is 6.58. The van der Waals surface area contributed by atoms with Crippen molar-refractivity contribution in [3.05, 3.63) is 88.4 Å². The van der Waals surface area contributed by atoms with Gasteiger partial charge in [0.1, 0.15) is 10.7 Å². The molecule has 5 rings (SSSR count). The van der Waals surface area contributed by atoms with Crippen molar-refractivity contribution in [2.75, 3.05) is 5.32 Å². The van der Waals surface area contributed by atoms with Gasteiger partial charge in [0, 0.05) is 27.1 Å². The SMILES string of the molecule is Cc1cc(C)c2onc(CC(=O)Nc3ccc(-c4nc(-c5ccccc5)sc4C)cc3)c2c1. The van der Waals surface area contributed by atoms with Crippen LogP contribution in [-0.4, -0.2) is 16.0 Å². The third kappa shape index (κ3) is 4.30. The maximum absolute atomic E-state index is 12.7. The first-order chi connectivity index (χ1) is 16.0. The summed E-state index contributed by atoms with van der Waals surface area (Å²) in [6.07, 6.45) is 0.156. The van der Waals surface area contributed by atoms with Crippen LogP contribution in [0.5, 0.6) is 0 Å². The van der Waals surface area contributed by atoms with E-state index in [0.717, 1.165) is 54.5 Å². The van der Waals surface area contributed by atoms with Crippen LogP contribution in [0.1, 0.15) is 21.7 Å². The first-order valence-corrected chi connectivity index (χ1v) is 11.6. The Morgan fingerprint density at radius 1 is 0.970 bits per heavy atom. The summed E-state index contributed by atoms with van der Waals surface area (Å²) >= 11 is 1.69. The Hall–Kier alpha value is -3.77. The summed E-state index contributed by atoms with van der Waals surface area (Å²) in [6.45, 7) is 6.09. The van der Waals surface area contributed by atoms with Crippen molar-refractivity contribution in [3.8, 4) is 21.8 Å². The molecule has 0 saturated carbocycles. The minimum atomic E-state index is -0.131. The quantitative estimate of drug-likeness (QED) is 0.321. The number of fused-ring (bicyclic) bond motifs is 1. The predicted molar refractivity (Wildman–Crippen MR) is 134 cm³/mol. The summed E-state index contributed by atoms with van der Waals surface area (Å²) in [6, 6.07) is 22.0. The summed E-state index contributed by atoms with van der Waals surface area (Å²) in [4.78, 5) is 18.7. The molecule has 0 spiro atoms. The van der Waals surface area contributed by atoms with E-state index in [9.17, 15) is 4.79 Å². The fourth-order valence-corrected chi connectivity index (χ4v) is 4.95. The van der Waals surface area contributed by atoms with Crippen molar-refractivity contribution in [2.24, 2.45) is 0 Å². The van der Waals surface area contributed by atoms with E-state index in [0.29, 0.717) is 5.69 Å². The van der Waals surface area contributed by atoms with Gasteiger partial charge < -0.3 is 9.84 Å². The van der Waals surface area contributed by atoms with E-state index in [1.54, 1.807) is 11.3 Å². The largest absolute Gasteiger partial charge is 0.356 e. The molecule has 2 heterocycles. The molecular formula is C27H23N3O2S. The van der Waals surface area contributed by atoms with Crippen LogP contribution in [-0.2, 0) is 11.2 Å². The molecule has 0 aliphatic heterocycles. The highest BCUT2D eigenvalue weighted by Crippen LogP contribution is 2.33. The fraction of sp³-hybridized carbons (Fsp3) is 0.148. The highest BCUT2D eigenvalue weighted by molar-refractivity contribution is 7.15. The second-order valence-electron chi connectivity index (χ2n) is 8.18. The average molecular weight is 454 g/mol. The van der Waals surface area contributed by atoms with Crippen LogP contribution in [0.3, 0.4) is 0 Å². The lowest BCUT2D eigenvalue weighted by Gasteiger charge is -2.06. The standard InChI is InChI=1S/C27H23N3O2S/c1-16-13-17(2)26-22(14-16)23(30-32-26)15-24(31)28-21-11-9-19(10-12-21)25-18(3)33-27(29-25)20-7-5-4-6-8-20/h4-14H,15H2,1-3H3,(H,28,31). The summed E-state index contributed by atoms with van der Waals surface area (Å²) in [5.74, 6) is -0.131. The number of aryl methyl sites for hydroxylation is 3. The van der Waals surface area contributed by atoms with Crippen LogP contribution in [0.25, 0.3) is 32.8 Å². The van der Waals surface area contributed by atoms with Gasteiger partial charge >= 0.3 is 0 Å². The molecule has 6 heteroatoms. The van der Waals surface area contributed by atoms with Crippen LogP contribution in [0.4, 0.5) is 5.69 Å². The second-order valence-corrected chi connectivity index (χ2v) is 9.38. The van der Waals surface area contributed by atoms with E-state index in [4.69, 9.17) is 9.51 Å². The van der Waals surface area contributed by atoms with Gasteiger partial charge in [-0.2, -0.15) is 0 Å². The molecule has 0 radical (unpaired) electrons. The Morgan fingerprint density at radius 2 is 1.73 bits per heavy atom. The Morgan fingerprint density at radius 3 is 2.48 bits per heavy atom. The molecular weight excluding hydrogens is 430 g/mol. The molecule has 5 aromatic rings. The second kappa shape index (κ2) is 8.64. The lowest BCUT2D eigenvalue weighted by atomic mass is 10.1. The van der Waals surface area contributed by atoms with Crippen LogP contribution < -0.4 is 5.32 Å². The summed E-state index contributed by atoms with van der Waals surface area (Å²) in [7, 11) is 0. The van der Waals surface area contributed by atoms with Crippen molar-refractivity contribution in [1.82, 2.24) is 10.1 Å². The van der Waals surface area contributed by atoms with E-state index in [-0.39, 0.29) is 12.3 Å². The third-order valence-electron chi connectivity index (χ3n) is 5.56. The van der Waals surface area contributed by atoms with Crippen LogP contribution in [0.2, 0.25) is 0 Å². The summed E-state index contributed by atoms with van der Waals surface area (Å²) in [5.41, 5.74) is 7.37. The normalized spacial score (nSPS) is 11.1. The van der Waals surface area contributed by atoms with Gasteiger partial charge in [0.15, 0.2) is 5.58 Å². The smallest absolute Gasteiger partial charge is 0.230 e. The zero-order valence-corrected chi connectivity index (χ0v) is 19.5. The molecule has 1 N–H and O–H groups in total. The topological polar surface area (TPSA) is 68.0 Å². The van der Waals surface area contributed by atoms with Gasteiger partial charge in [-0.15, -0.1) is 11.3 Å². The molecule has 0 aliphatic rings. The van der Waals surface area contributed by atoms with Crippen molar-refractivity contribution >= 4 is 33.9 Å². The van der Waals surface area contributed by atoms with Gasteiger partial charge in [-0.3, -0.25) is 4.79 Å². The van der Waals surface area contributed by atoms with Gasteiger partial charge in [0.25, 0.3) is 0 Å². The van der Waals surface area contributed by atoms with E-state index < -0.39 is 0 Å². The molecule has 164 valence electrons. The zero-order valence-electron chi connectivity index (χ0n) is 18.7. The van der Waals surface area contributed by atoms with Crippen LogP contribution in [0, 0.1) is 20.8 Å². The average Bonchev–Trinajstić information content (AvgIpc) is 3.39. The Kier molecular flexibility index (Phi) is 5.52. The number of aromatic nitrogens is 2. The lowest BCUT2D eigenvalue weighted by molar-refractivity contribution is -0.115. The van der Waals surface area contributed by atoms with Gasteiger partial charge in [-0.05, 0) is 50.1 Å². The number of nitrogens with one attached hydrogen (secondary N) is 1. The van der Waals surface area contributed by atoms with Gasteiger partial charge in [0.05, 0.1) is 12.1 Å². The number of thiazole rings is 1. The Labute approximate surface area is 196 Å². The number of amides is 1. The Bertz CT molecular complexity index is 1450. The number of carbonyl (C=O) groups excluding carboxylic acids is 1. The number of hydrogen-bond acceptors (Lipinski definition) is 5. The fourth-order valence-electron chi connectivity index (χ4n) is 4.00. The highest BCUT2D eigenvalue weighted by Gasteiger charge is 2.15. The van der Waals surface area contributed by atoms with E-state index >= 15 is 0 Å².